The zero-order valence-electron chi connectivity index (χ0n) is 10.6. The van der Waals surface area contributed by atoms with Gasteiger partial charge in [-0.25, -0.2) is 0 Å². The van der Waals surface area contributed by atoms with Gasteiger partial charge >= 0.3 is 0 Å². The highest BCUT2D eigenvalue weighted by molar-refractivity contribution is 7.99. The molecule has 2 heteroatoms. The lowest BCUT2D eigenvalue weighted by molar-refractivity contribution is 0.783. The highest BCUT2D eigenvalue weighted by Gasteiger charge is 1.92. The minimum absolute atomic E-state index is 1.35. The van der Waals surface area contributed by atoms with Crippen LogP contribution in [0.2, 0.25) is 0 Å². The summed E-state index contributed by atoms with van der Waals surface area (Å²) >= 11 is 4.29. The van der Waals surface area contributed by atoms with Crippen molar-refractivity contribution >= 4 is 23.5 Å². The molecule has 0 aliphatic carbocycles. The minimum atomic E-state index is 1.35. The first kappa shape index (κ1) is 15.7. The molecule has 92 valence electrons. The number of hydrogen-bond acceptors (Lipinski definition) is 2. The van der Waals surface area contributed by atoms with Gasteiger partial charge in [-0.2, -0.15) is 23.5 Å². The van der Waals surface area contributed by atoms with Crippen molar-refractivity contribution in [3.8, 4) is 0 Å². The van der Waals surface area contributed by atoms with Crippen molar-refractivity contribution in [2.75, 3.05) is 23.0 Å². The van der Waals surface area contributed by atoms with E-state index in [2.05, 4.69) is 37.4 Å². The van der Waals surface area contributed by atoms with Gasteiger partial charge in [0.1, 0.15) is 0 Å². The quantitative estimate of drug-likeness (QED) is 0.434. The van der Waals surface area contributed by atoms with Crippen LogP contribution in [0.4, 0.5) is 0 Å². The maximum atomic E-state index is 2.27. The van der Waals surface area contributed by atoms with Gasteiger partial charge in [0.2, 0.25) is 0 Å². The molecule has 0 spiro atoms. The third kappa shape index (κ3) is 14.7. The smallest absolute Gasteiger partial charge is 0.00675 e. The topological polar surface area (TPSA) is 0 Å². The van der Waals surface area contributed by atoms with E-state index in [0.29, 0.717) is 0 Å². The highest BCUT2D eigenvalue weighted by atomic mass is 32.2. The Hall–Kier alpha value is 0.700. The molecule has 0 radical (unpaired) electrons. The van der Waals surface area contributed by atoms with E-state index in [0.717, 1.165) is 0 Å². The summed E-state index contributed by atoms with van der Waals surface area (Å²) in [5.74, 6) is 5.53. The van der Waals surface area contributed by atoms with Crippen molar-refractivity contribution in [2.45, 2.75) is 58.8 Å². The fourth-order valence-electron chi connectivity index (χ4n) is 1.28. The van der Waals surface area contributed by atoms with Crippen LogP contribution < -0.4 is 0 Å². The molecule has 0 unspecified atom stereocenters. The Balaban J connectivity index is 2.81. The Labute approximate surface area is 105 Å². The zero-order valence-corrected chi connectivity index (χ0v) is 12.2. The normalized spacial score (nSPS) is 10.8. The molecule has 0 atom stereocenters. The molecule has 0 aromatic heterocycles. The second kappa shape index (κ2) is 14.7. The zero-order chi connectivity index (χ0) is 11.2. The Kier molecular flexibility index (Phi) is 15.4. The summed E-state index contributed by atoms with van der Waals surface area (Å²) in [6.07, 6.45) is 9.81. The van der Waals surface area contributed by atoms with E-state index in [9.17, 15) is 0 Å². The first-order chi connectivity index (χ1) is 7.41. The molecule has 0 rings (SSSR count). The van der Waals surface area contributed by atoms with Crippen LogP contribution in [0.3, 0.4) is 0 Å². The van der Waals surface area contributed by atoms with Crippen molar-refractivity contribution in [1.29, 1.82) is 0 Å². The first-order valence-electron chi connectivity index (χ1n) is 6.57. The summed E-state index contributed by atoms with van der Waals surface area (Å²) in [5, 5.41) is 0. The lowest BCUT2D eigenvalue weighted by atomic mass is 10.3. The van der Waals surface area contributed by atoms with Crippen molar-refractivity contribution in [3.63, 3.8) is 0 Å². The van der Waals surface area contributed by atoms with Crippen LogP contribution >= 0.6 is 23.5 Å². The maximum Gasteiger partial charge on any atom is -0.00675 e. The van der Waals surface area contributed by atoms with Crippen molar-refractivity contribution in [2.24, 2.45) is 0 Å². The van der Waals surface area contributed by atoms with Crippen molar-refractivity contribution in [3.05, 3.63) is 0 Å². The average Bonchev–Trinajstić information content (AvgIpc) is 2.26. The Morgan fingerprint density at radius 3 is 1.33 bits per heavy atom. The Morgan fingerprint density at radius 2 is 0.933 bits per heavy atom. The summed E-state index contributed by atoms with van der Waals surface area (Å²) in [6, 6.07) is 0. The van der Waals surface area contributed by atoms with Gasteiger partial charge < -0.3 is 0 Å². The first-order valence-corrected chi connectivity index (χ1v) is 8.88. The fourth-order valence-corrected chi connectivity index (χ4v) is 3.49. The lowest BCUT2D eigenvalue weighted by Gasteiger charge is -2.02. The van der Waals surface area contributed by atoms with Crippen LogP contribution in [0.1, 0.15) is 58.8 Å². The van der Waals surface area contributed by atoms with Crippen LogP contribution in [0.25, 0.3) is 0 Å². The molecule has 0 aliphatic rings. The van der Waals surface area contributed by atoms with E-state index in [-0.39, 0.29) is 0 Å². The van der Waals surface area contributed by atoms with Gasteiger partial charge in [0.05, 0.1) is 0 Å². The molecule has 0 bridgehead atoms. The van der Waals surface area contributed by atoms with E-state index in [1.165, 1.54) is 68.0 Å². The van der Waals surface area contributed by atoms with E-state index >= 15 is 0 Å². The number of unbranched alkanes of at least 4 members (excludes halogenated alkanes) is 4. The van der Waals surface area contributed by atoms with Gasteiger partial charge in [0, 0.05) is 0 Å². The molecule has 15 heavy (non-hydrogen) atoms. The molecular formula is C13H28S2. The molecule has 0 saturated carbocycles. The van der Waals surface area contributed by atoms with Gasteiger partial charge in [0.15, 0.2) is 0 Å². The van der Waals surface area contributed by atoms with Gasteiger partial charge in [-0.3, -0.25) is 0 Å². The second-order valence-corrected chi connectivity index (χ2v) is 6.44. The molecule has 0 nitrogen and oxygen atoms in total. The van der Waals surface area contributed by atoms with E-state index in [4.69, 9.17) is 0 Å². The molecule has 0 fully saturated rings. The molecule has 0 amide bonds. The molecule has 0 aromatic rings. The maximum absolute atomic E-state index is 2.27. The molecule has 0 N–H and O–H groups in total. The van der Waals surface area contributed by atoms with Crippen molar-refractivity contribution in [1.82, 2.24) is 0 Å². The van der Waals surface area contributed by atoms with Crippen LogP contribution in [0, 0.1) is 0 Å². The summed E-state index contributed by atoms with van der Waals surface area (Å²) < 4.78 is 0. The van der Waals surface area contributed by atoms with Crippen LogP contribution in [0.5, 0.6) is 0 Å². The van der Waals surface area contributed by atoms with Crippen LogP contribution in [-0.2, 0) is 0 Å². The monoisotopic (exact) mass is 248 g/mol. The summed E-state index contributed by atoms with van der Waals surface area (Å²) in [6.45, 7) is 4.54. The number of hydrogen-bond donors (Lipinski definition) is 0. The largest absolute Gasteiger partial charge is 0.162 e. The van der Waals surface area contributed by atoms with E-state index in [1.54, 1.807) is 0 Å². The van der Waals surface area contributed by atoms with Crippen molar-refractivity contribution < 1.29 is 0 Å². The van der Waals surface area contributed by atoms with E-state index < -0.39 is 0 Å². The third-order valence-electron chi connectivity index (χ3n) is 2.36. The minimum Gasteiger partial charge on any atom is -0.162 e. The Morgan fingerprint density at radius 1 is 0.533 bits per heavy atom. The molecule has 0 aliphatic heterocycles. The second-order valence-electron chi connectivity index (χ2n) is 3.99. The van der Waals surface area contributed by atoms with Gasteiger partial charge in [-0.15, -0.1) is 0 Å². The Bertz CT molecular complexity index is 92.7. The molecule has 0 saturated heterocycles. The number of rotatable bonds is 12. The molecule has 0 heterocycles. The van der Waals surface area contributed by atoms with Gasteiger partial charge in [-0.1, -0.05) is 33.1 Å². The van der Waals surface area contributed by atoms with Gasteiger partial charge in [-0.05, 0) is 48.7 Å². The predicted octanol–water partition coefficient (Wildman–Crippen LogP) is 5.22. The highest BCUT2D eigenvalue weighted by Crippen LogP contribution is 2.12. The summed E-state index contributed by atoms with van der Waals surface area (Å²) in [5.41, 5.74) is 0. The predicted molar refractivity (Wildman–Crippen MR) is 78.3 cm³/mol. The number of thioether (sulfide) groups is 2. The molecule has 0 aromatic carbocycles. The fraction of sp³-hybridized carbons (Fsp3) is 1.00. The van der Waals surface area contributed by atoms with Crippen LogP contribution in [0.15, 0.2) is 0 Å². The van der Waals surface area contributed by atoms with Gasteiger partial charge in [0.25, 0.3) is 0 Å². The third-order valence-corrected chi connectivity index (χ3v) is 4.67. The molecular weight excluding hydrogens is 220 g/mol. The summed E-state index contributed by atoms with van der Waals surface area (Å²) in [4.78, 5) is 0. The average molecular weight is 249 g/mol. The van der Waals surface area contributed by atoms with Crippen LogP contribution in [-0.4, -0.2) is 23.0 Å². The standard InChI is InChI=1S/C13H28S2/c1-3-5-10-14-12-8-7-9-13-15-11-6-4-2/h3-13H2,1-2H3. The SMILES string of the molecule is CCCCSCCCCCSCCCC. The van der Waals surface area contributed by atoms with E-state index in [1.807, 2.05) is 0 Å². The summed E-state index contributed by atoms with van der Waals surface area (Å²) in [7, 11) is 0. The lowest BCUT2D eigenvalue weighted by Crippen LogP contribution is -1.87.